The Morgan fingerprint density at radius 1 is 1.22 bits per heavy atom. The van der Waals surface area contributed by atoms with Crippen LogP contribution in [0.1, 0.15) is 6.92 Å². The maximum Gasteiger partial charge on any atom is 0.401 e. The predicted octanol–water partition coefficient (Wildman–Crippen LogP) is 2.61. The van der Waals surface area contributed by atoms with Crippen LogP contribution in [0.3, 0.4) is 0 Å². The molecule has 0 aliphatic heterocycles. The summed E-state index contributed by atoms with van der Waals surface area (Å²) in [6, 6.07) is 7.00. The highest BCUT2D eigenvalue weighted by atomic mass is 19.4. The van der Waals surface area contributed by atoms with Gasteiger partial charge in [0, 0.05) is 6.54 Å². The first-order valence-corrected chi connectivity index (χ1v) is 5.49. The molecule has 6 heteroatoms. The van der Waals surface area contributed by atoms with E-state index in [9.17, 15) is 13.2 Å². The molecule has 1 aromatic rings. The van der Waals surface area contributed by atoms with Crippen molar-refractivity contribution in [3.05, 3.63) is 24.3 Å². The molecule has 0 aliphatic carbocycles. The number of rotatable bonds is 6. The first-order chi connectivity index (χ1) is 8.42. The van der Waals surface area contributed by atoms with E-state index >= 15 is 0 Å². The maximum atomic E-state index is 11.9. The van der Waals surface area contributed by atoms with Crippen molar-refractivity contribution in [2.24, 2.45) is 0 Å². The van der Waals surface area contributed by atoms with E-state index in [1.165, 1.54) is 7.11 Å². The molecule has 0 heterocycles. The molecule has 18 heavy (non-hydrogen) atoms. The average molecular weight is 263 g/mol. The van der Waals surface area contributed by atoms with Crippen molar-refractivity contribution in [2.75, 3.05) is 20.2 Å². The molecule has 1 rings (SSSR count). The SMILES string of the molecule is COc1ccccc1OC(C)CNCC(F)(F)F. The first kappa shape index (κ1) is 14.6. The van der Waals surface area contributed by atoms with Crippen LogP contribution in [0.25, 0.3) is 0 Å². The van der Waals surface area contributed by atoms with Crippen molar-refractivity contribution >= 4 is 0 Å². The van der Waals surface area contributed by atoms with Crippen LogP contribution in [0, 0.1) is 0 Å². The number of nitrogens with one attached hydrogen (secondary N) is 1. The van der Waals surface area contributed by atoms with E-state index in [0.717, 1.165) is 0 Å². The minimum absolute atomic E-state index is 0.109. The Morgan fingerprint density at radius 2 is 1.83 bits per heavy atom. The molecule has 1 atom stereocenters. The van der Waals surface area contributed by atoms with Gasteiger partial charge in [0.15, 0.2) is 11.5 Å². The van der Waals surface area contributed by atoms with Crippen molar-refractivity contribution in [1.29, 1.82) is 0 Å². The lowest BCUT2D eigenvalue weighted by atomic mass is 10.3. The monoisotopic (exact) mass is 263 g/mol. The summed E-state index contributed by atoms with van der Waals surface area (Å²) in [7, 11) is 1.51. The third-order valence-corrected chi connectivity index (χ3v) is 2.15. The normalized spacial score (nSPS) is 13.2. The van der Waals surface area contributed by atoms with Crippen LogP contribution in [-0.2, 0) is 0 Å². The third kappa shape index (κ3) is 5.27. The van der Waals surface area contributed by atoms with Gasteiger partial charge in [-0.1, -0.05) is 12.1 Å². The van der Waals surface area contributed by atoms with Crippen molar-refractivity contribution in [2.45, 2.75) is 19.2 Å². The molecule has 0 saturated heterocycles. The van der Waals surface area contributed by atoms with Crippen molar-refractivity contribution in [3.63, 3.8) is 0 Å². The van der Waals surface area contributed by atoms with Crippen LogP contribution in [-0.4, -0.2) is 32.5 Å². The smallest absolute Gasteiger partial charge is 0.401 e. The van der Waals surface area contributed by atoms with Gasteiger partial charge in [0.2, 0.25) is 0 Å². The molecule has 0 bridgehead atoms. The topological polar surface area (TPSA) is 30.5 Å². The van der Waals surface area contributed by atoms with Gasteiger partial charge in [-0.3, -0.25) is 0 Å². The number of para-hydroxylation sites is 2. The molecule has 3 nitrogen and oxygen atoms in total. The summed E-state index contributed by atoms with van der Waals surface area (Å²) in [5.74, 6) is 1.07. The fraction of sp³-hybridized carbons (Fsp3) is 0.500. The van der Waals surface area contributed by atoms with Crippen molar-refractivity contribution in [3.8, 4) is 11.5 Å². The van der Waals surface area contributed by atoms with Crippen LogP contribution in [0.4, 0.5) is 13.2 Å². The lowest BCUT2D eigenvalue weighted by Gasteiger charge is -2.17. The van der Waals surface area contributed by atoms with Gasteiger partial charge in [0.25, 0.3) is 0 Å². The quantitative estimate of drug-likeness (QED) is 0.855. The molecule has 0 spiro atoms. The zero-order chi connectivity index (χ0) is 13.6. The molecule has 1 N–H and O–H groups in total. The molecule has 102 valence electrons. The van der Waals surface area contributed by atoms with E-state index in [0.29, 0.717) is 11.5 Å². The number of hydrogen-bond acceptors (Lipinski definition) is 3. The predicted molar refractivity (Wildman–Crippen MR) is 62.0 cm³/mol. The maximum absolute atomic E-state index is 11.9. The molecule has 0 amide bonds. The largest absolute Gasteiger partial charge is 0.493 e. The van der Waals surface area contributed by atoms with Gasteiger partial charge in [0.1, 0.15) is 6.10 Å². The molecule has 0 fully saturated rings. The second kappa shape index (κ2) is 6.49. The zero-order valence-corrected chi connectivity index (χ0v) is 10.3. The van der Waals surface area contributed by atoms with E-state index in [2.05, 4.69) is 5.32 Å². The molecule has 0 saturated carbocycles. The van der Waals surface area contributed by atoms with Crippen LogP contribution in [0.15, 0.2) is 24.3 Å². The fourth-order valence-electron chi connectivity index (χ4n) is 1.39. The number of hydrogen-bond donors (Lipinski definition) is 1. The van der Waals surface area contributed by atoms with Crippen LogP contribution >= 0.6 is 0 Å². The Morgan fingerprint density at radius 3 is 2.39 bits per heavy atom. The summed E-state index contributed by atoms with van der Waals surface area (Å²) >= 11 is 0. The molecular formula is C12H16F3NO2. The van der Waals surface area contributed by atoms with Crippen molar-refractivity contribution in [1.82, 2.24) is 5.32 Å². The fourth-order valence-corrected chi connectivity index (χ4v) is 1.39. The van der Waals surface area contributed by atoms with Gasteiger partial charge in [-0.15, -0.1) is 0 Å². The zero-order valence-electron chi connectivity index (χ0n) is 10.3. The molecule has 0 aliphatic rings. The van der Waals surface area contributed by atoms with Gasteiger partial charge in [-0.2, -0.15) is 13.2 Å². The van der Waals surface area contributed by atoms with E-state index in [1.54, 1.807) is 31.2 Å². The lowest BCUT2D eigenvalue weighted by molar-refractivity contribution is -0.125. The average Bonchev–Trinajstić information content (AvgIpc) is 2.28. The molecular weight excluding hydrogens is 247 g/mol. The standard InChI is InChI=1S/C12H16F3NO2/c1-9(7-16-8-12(13,14)15)18-11-6-4-3-5-10(11)17-2/h3-6,9,16H,7-8H2,1-2H3. The summed E-state index contributed by atoms with van der Waals surface area (Å²) in [6.45, 7) is 0.778. The molecule has 0 radical (unpaired) electrons. The van der Waals surface area contributed by atoms with Gasteiger partial charge in [0.05, 0.1) is 13.7 Å². The number of benzene rings is 1. The first-order valence-electron chi connectivity index (χ1n) is 5.49. The van der Waals surface area contributed by atoms with Gasteiger partial charge in [-0.25, -0.2) is 0 Å². The van der Waals surface area contributed by atoms with E-state index < -0.39 is 12.7 Å². The Kier molecular flexibility index (Phi) is 5.27. The summed E-state index contributed by atoms with van der Waals surface area (Å²) in [6.07, 6.45) is -4.59. The molecule has 1 unspecified atom stereocenters. The highest BCUT2D eigenvalue weighted by Crippen LogP contribution is 2.26. The van der Waals surface area contributed by atoms with Crippen molar-refractivity contribution < 1.29 is 22.6 Å². The number of ether oxygens (including phenoxy) is 2. The number of alkyl halides is 3. The van der Waals surface area contributed by atoms with Gasteiger partial charge in [-0.05, 0) is 19.1 Å². The highest BCUT2D eigenvalue weighted by Gasteiger charge is 2.26. The minimum atomic E-state index is -4.20. The summed E-state index contributed by atoms with van der Waals surface area (Å²) < 4.78 is 46.4. The second-order valence-electron chi connectivity index (χ2n) is 3.83. The Labute approximate surface area is 104 Å². The highest BCUT2D eigenvalue weighted by molar-refractivity contribution is 5.39. The Hall–Kier alpha value is -1.43. The van der Waals surface area contributed by atoms with Gasteiger partial charge < -0.3 is 14.8 Å². The summed E-state index contributed by atoms with van der Waals surface area (Å²) in [4.78, 5) is 0. The van der Waals surface area contributed by atoms with Crippen LogP contribution in [0.2, 0.25) is 0 Å². The Balaban J connectivity index is 2.42. The lowest BCUT2D eigenvalue weighted by Crippen LogP contribution is -2.35. The van der Waals surface area contributed by atoms with E-state index in [4.69, 9.17) is 9.47 Å². The van der Waals surface area contributed by atoms with E-state index in [-0.39, 0.29) is 12.6 Å². The Bertz CT molecular complexity index is 369. The summed E-state index contributed by atoms with van der Waals surface area (Å²) in [5.41, 5.74) is 0. The molecule has 0 aromatic heterocycles. The van der Waals surface area contributed by atoms with Crippen LogP contribution in [0.5, 0.6) is 11.5 Å². The third-order valence-electron chi connectivity index (χ3n) is 2.15. The number of halogens is 3. The second-order valence-corrected chi connectivity index (χ2v) is 3.83. The van der Waals surface area contributed by atoms with Gasteiger partial charge >= 0.3 is 6.18 Å². The van der Waals surface area contributed by atoms with Crippen LogP contribution < -0.4 is 14.8 Å². The number of methoxy groups -OCH3 is 1. The molecule has 1 aromatic carbocycles. The van der Waals surface area contributed by atoms with E-state index in [1.807, 2.05) is 0 Å². The minimum Gasteiger partial charge on any atom is -0.493 e. The summed E-state index contributed by atoms with van der Waals surface area (Å²) in [5, 5.41) is 2.29.